The van der Waals surface area contributed by atoms with Crippen molar-refractivity contribution in [2.24, 2.45) is 0 Å². The fourth-order valence-electron chi connectivity index (χ4n) is 4.16. The van der Waals surface area contributed by atoms with Crippen molar-refractivity contribution in [3.8, 4) is 5.69 Å². The number of anilines is 1. The number of para-hydroxylation sites is 2. The first-order valence-electron chi connectivity index (χ1n) is 11.0. The lowest BCUT2D eigenvalue weighted by molar-refractivity contribution is -0.113. The number of rotatable bonds is 7. The highest BCUT2D eigenvalue weighted by atomic mass is 32.2. The van der Waals surface area contributed by atoms with Gasteiger partial charge in [-0.2, -0.15) is 0 Å². The van der Waals surface area contributed by atoms with Crippen molar-refractivity contribution >= 4 is 23.4 Å². The maximum Gasteiger partial charge on any atom is 0.234 e. The fourth-order valence-corrected chi connectivity index (χ4v) is 4.93. The lowest BCUT2D eigenvalue weighted by atomic mass is 10.1. The molecule has 1 aliphatic rings. The zero-order valence-electron chi connectivity index (χ0n) is 18.8. The molecule has 0 aliphatic carbocycles. The summed E-state index contributed by atoms with van der Waals surface area (Å²) in [6.07, 6.45) is 4.14. The highest BCUT2D eigenvalue weighted by Gasteiger charge is 2.23. The topological polar surface area (TPSA) is 59.4 Å². The minimum Gasteiger partial charge on any atom is -0.373 e. The van der Waals surface area contributed by atoms with E-state index in [1.807, 2.05) is 41.1 Å². The number of aromatic nitrogens is 2. The molecule has 168 valence electrons. The molecule has 1 aliphatic heterocycles. The van der Waals surface area contributed by atoms with Gasteiger partial charge in [-0.3, -0.25) is 14.3 Å². The van der Waals surface area contributed by atoms with E-state index in [0.29, 0.717) is 5.75 Å². The van der Waals surface area contributed by atoms with Gasteiger partial charge in [0.2, 0.25) is 5.91 Å². The molecule has 1 N–H and O–H groups in total. The second-order valence-corrected chi connectivity index (χ2v) is 9.25. The number of nitrogens with one attached hydrogen (secondary N) is 1. The van der Waals surface area contributed by atoms with Crippen LogP contribution in [-0.2, 0) is 16.1 Å². The van der Waals surface area contributed by atoms with Gasteiger partial charge in [-0.1, -0.05) is 48.2 Å². The Labute approximate surface area is 194 Å². The molecule has 0 spiro atoms. The average Bonchev–Trinajstić information content (AvgIpc) is 3.22. The molecule has 2 atom stereocenters. The van der Waals surface area contributed by atoms with Crippen LogP contribution in [0.1, 0.15) is 25.0 Å². The first kappa shape index (κ1) is 22.6. The van der Waals surface area contributed by atoms with Crippen LogP contribution in [0.2, 0.25) is 0 Å². The predicted octanol–water partition coefficient (Wildman–Crippen LogP) is 4.52. The maximum atomic E-state index is 12.8. The van der Waals surface area contributed by atoms with Crippen molar-refractivity contribution in [2.45, 2.75) is 44.7 Å². The van der Waals surface area contributed by atoms with Gasteiger partial charge >= 0.3 is 0 Å². The Morgan fingerprint density at radius 3 is 2.62 bits per heavy atom. The van der Waals surface area contributed by atoms with Crippen LogP contribution >= 0.6 is 11.8 Å². The van der Waals surface area contributed by atoms with E-state index in [0.717, 1.165) is 47.3 Å². The second kappa shape index (κ2) is 10.3. The van der Waals surface area contributed by atoms with Crippen LogP contribution in [0.3, 0.4) is 0 Å². The maximum absolute atomic E-state index is 12.8. The first-order chi connectivity index (χ1) is 15.5. The number of thioether (sulfide) groups is 1. The van der Waals surface area contributed by atoms with E-state index in [1.165, 1.54) is 11.8 Å². The van der Waals surface area contributed by atoms with E-state index in [1.54, 1.807) is 6.20 Å². The Morgan fingerprint density at radius 1 is 1.12 bits per heavy atom. The van der Waals surface area contributed by atoms with Crippen LogP contribution in [0.25, 0.3) is 5.69 Å². The number of amides is 1. The highest BCUT2D eigenvalue weighted by Crippen LogP contribution is 2.24. The molecule has 6 nitrogen and oxygen atoms in total. The summed E-state index contributed by atoms with van der Waals surface area (Å²) in [5.41, 5.74) is 4.23. The molecular formula is C25H30N4O2S. The quantitative estimate of drug-likeness (QED) is 0.536. The molecule has 3 aromatic rings. The van der Waals surface area contributed by atoms with Crippen molar-refractivity contribution in [2.75, 3.05) is 24.2 Å². The van der Waals surface area contributed by atoms with E-state index in [4.69, 9.17) is 4.74 Å². The summed E-state index contributed by atoms with van der Waals surface area (Å²) in [5, 5.41) is 3.91. The summed E-state index contributed by atoms with van der Waals surface area (Å²) in [6, 6.07) is 16.2. The van der Waals surface area contributed by atoms with E-state index in [9.17, 15) is 4.79 Å². The summed E-state index contributed by atoms with van der Waals surface area (Å²) in [5.74, 6) is 0.258. The van der Waals surface area contributed by atoms with Gasteiger partial charge in [0.05, 0.1) is 23.6 Å². The average molecular weight is 451 g/mol. The number of nitrogens with zero attached hydrogens (tertiary/aromatic N) is 3. The molecule has 0 radical (unpaired) electrons. The smallest absolute Gasteiger partial charge is 0.234 e. The van der Waals surface area contributed by atoms with Gasteiger partial charge in [-0.15, -0.1) is 0 Å². The van der Waals surface area contributed by atoms with Crippen LogP contribution < -0.4 is 5.32 Å². The standard InChI is InChI=1S/C25H30N4O2S/c1-18-8-4-7-11-23(18)29-13-12-26-25(29)32-17-24(30)27-22-10-6-5-9-21(22)16-28-14-19(2)31-20(3)15-28/h4-13,19-20H,14-17H2,1-3H3,(H,27,30). The van der Waals surface area contributed by atoms with E-state index in [2.05, 4.69) is 54.2 Å². The number of aryl methyl sites for hydroxylation is 1. The molecule has 2 unspecified atom stereocenters. The molecule has 0 bridgehead atoms. The van der Waals surface area contributed by atoms with Gasteiger partial charge < -0.3 is 10.1 Å². The number of benzene rings is 2. The summed E-state index contributed by atoms with van der Waals surface area (Å²) in [7, 11) is 0. The summed E-state index contributed by atoms with van der Waals surface area (Å²) in [6.45, 7) is 8.86. The van der Waals surface area contributed by atoms with Crippen LogP contribution in [0.5, 0.6) is 0 Å². The van der Waals surface area contributed by atoms with Crippen LogP contribution in [0, 0.1) is 6.92 Å². The third kappa shape index (κ3) is 5.59. The zero-order valence-corrected chi connectivity index (χ0v) is 19.6. The van der Waals surface area contributed by atoms with Crippen LogP contribution in [0.15, 0.2) is 66.1 Å². The number of morpholine rings is 1. The van der Waals surface area contributed by atoms with Crippen molar-refractivity contribution in [1.82, 2.24) is 14.5 Å². The number of carbonyl (C=O) groups is 1. The molecule has 1 fully saturated rings. The Hall–Kier alpha value is -2.61. The van der Waals surface area contributed by atoms with E-state index >= 15 is 0 Å². The van der Waals surface area contributed by atoms with Gasteiger partial charge in [0.15, 0.2) is 5.16 Å². The Balaban J connectivity index is 1.39. The molecule has 4 rings (SSSR count). The van der Waals surface area contributed by atoms with Gasteiger partial charge in [0.1, 0.15) is 0 Å². The van der Waals surface area contributed by atoms with Gasteiger partial charge in [-0.25, -0.2) is 4.98 Å². The number of hydrogen-bond acceptors (Lipinski definition) is 5. The number of ether oxygens (including phenoxy) is 1. The monoisotopic (exact) mass is 450 g/mol. The molecule has 1 amide bonds. The number of hydrogen-bond donors (Lipinski definition) is 1. The molecule has 1 saturated heterocycles. The molecule has 2 heterocycles. The Kier molecular flexibility index (Phi) is 7.29. The fraction of sp³-hybridized carbons (Fsp3) is 0.360. The number of imidazole rings is 1. The second-order valence-electron chi connectivity index (χ2n) is 8.31. The summed E-state index contributed by atoms with van der Waals surface area (Å²) < 4.78 is 7.87. The van der Waals surface area contributed by atoms with Crippen molar-refractivity contribution in [3.63, 3.8) is 0 Å². The SMILES string of the molecule is Cc1ccccc1-n1ccnc1SCC(=O)Nc1ccccc1CN1CC(C)OC(C)C1. The predicted molar refractivity (Wildman–Crippen MR) is 129 cm³/mol. The third-order valence-corrected chi connectivity index (χ3v) is 6.46. The molecule has 1 aromatic heterocycles. The molecule has 32 heavy (non-hydrogen) atoms. The first-order valence-corrected chi connectivity index (χ1v) is 12.0. The summed E-state index contributed by atoms with van der Waals surface area (Å²) in [4.78, 5) is 19.6. The molecular weight excluding hydrogens is 420 g/mol. The molecule has 7 heteroatoms. The molecule has 2 aromatic carbocycles. The van der Waals surface area contributed by atoms with Gasteiger partial charge in [0.25, 0.3) is 0 Å². The summed E-state index contributed by atoms with van der Waals surface area (Å²) >= 11 is 1.44. The third-order valence-electron chi connectivity index (χ3n) is 5.49. The van der Waals surface area contributed by atoms with E-state index < -0.39 is 0 Å². The lowest BCUT2D eigenvalue weighted by Gasteiger charge is -2.35. The number of carbonyl (C=O) groups excluding carboxylic acids is 1. The van der Waals surface area contributed by atoms with Gasteiger partial charge in [-0.05, 0) is 44.0 Å². The Bertz CT molecular complexity index is 1060. The largest absolute Gasteiger partial charge is 0.373 e. The van der Waals surface area contributed by atoms with Crippen molar-refractivity contribution in [3.05, 3.63) is 72.1 Å². The highest BCUT2D eigenvalue weighted by molar-refractivity contribution is 7.99. The van der Waals surface area contributed by atoms with Crippen molar-refractivity contribution < 1.29 is 9.53 Å². The van der Waals surface area contributed by atoms with Crippen molar-refractivity contribution in [1.29, 1.82) is 0 Å². The minimum atomic E-state index is -0.0366. The normalized spacial score (nSPS) is 19.1. The van der Waals surface area contributed by atoms with Crippen LogP contribution in [0.4, 0.5) is 5.69 Å². The molecule has 0 saturated carbocycles. The van der Waals surface area contributed by atoms with Crippen LogP contribution in [-0.4, -0.2) is 51.4 Å². The zero-order chi connectivity index (χ0) is 22.5. The Morgan fingerprint density at radius 2 is 1.84 bits per heavy atom. The lowest BCUT2D eigenvalue weighted by Crippen LogP contribution is -2.44. The van der Waals surface area contributed by atoms with E-state index in [-0.39, 0.29) is 18.1 Å². The minimum absolute atomic E-state index is 0.0366. The van der Waals surface area contributed by atoms with Gasteiger partial charge in [0, 0.05) is 37.7 Å².